The molecule has 0 aliphatic carbocycles. The Labute approximate surface area is 90.0 Å². The Bertz CT molecular complexity index is 302. The predicted molar refractivity (Wildman–Crippen MR) is 55.7 cm³/mol. The van der Waals surface area contributed by atoms with E-state index in [2.05, 4.69) is 15.9 Å². The van der Waals surface area contributed by atoms with Crippen molar-refractivity contribution >= 4 is 33.8 Å². The summed E-state index contributed by atoms with van der Waals surface area (Å²) >= 11 is 9.15. The second kappa shape index (κ2) is 4.63. The van der Waals surface area contributed by atoms with Gasteiger partial charge in [0.2, 0.25) is 0 Å². The largest absolute Gasteiger partial charge is 0.491 e. The number of hydrogen-bond donors (Lipinski definition) is 0. The number of halogens is 2. The molecule has 4 heteroatoms. The van der Waals surface area contributed by atoms with E-state index in [9.17, 15) is 4.79 Å². The first-order chi connectivity index (χ1) is 6.19. The monoisotopic (exact) mass is 262 g/mol. The van der Waals surface area contributed by atoms with Crippen LogP contribution < -0.4 is 4.74 Å². The van der Waals surface area contributed by atoms with E-state index in [4.69, 9.17) is 16.3 Å². The highest BCUT2D eigenvalue weighted by Gasteiger charge is 2.07. The van der Waals surface area contributed by atoms with Crippen LogP contribution in [-0.2, 0) is 0 Å². The van der Waals surface area contributed by atoms with Crippen LogP contribution in [0.1, 0.15) is 17.3 Å². The van der Waals surface area contributed by atoms with Crippen molar-refractivity contribution in [2.45, 2.75) is 6.92 Å². The molecule has 0 amide bonds. The minimum absolute atomic E-state index is 0.443. The molecule has 0 fully saturated rings. The molecule has 0 aliphatic rings. The summed E-state index contributed by atoms with van der Waals surface area (Å²) in [6, 6.07) is 3.24. The maximum Gasteiger partial charge on any atom is 0.152 e. The van der Waals surface area contributed by atoms with Crippen molar-refractivity contribution in [1.29, 1.82) is 0 Å². The van der Waals surface area contributed by atoms with Gasteiger partial charge in [-0.15, -0.1) is 0 Å². The maximum atomic E-state index is 10.5. The van der Waals surface area contributed by atoms with Crippen LogP contribution in [0.15, 0.2) is 16.6 Å². The Hall–Kier alpha value is -0.540. The second-order valence-corrected chi connectivity index (χ2v) is 3.63. The number of carbonyl (C=O) groups excluding carboxylic acids is 1. The molecule has 2 nitrogen and oxygen atoms in total. The van der Waals surface area contributed by atoms with Crippen molar-refractivity contribution in [3.05, 3.63) is 27.2 Å². The first-order valence-electron chi connectivity index (χ1n) is 3.76. The van der Waals surface area contributed by atoms with E-state index in [0.717, 1.165) is 6.29 Å². The number of ether oxygens (including phenoxy) is 1. The molecule has 0 spiro atoms. The van der Waals surface area contributed by atoms with Crippen LogP contribution >= 0.6 is 27.5 Å². The van der Waals surface area contributed by atoms with Crippen LogP contribution in [0.2, 0.25) is 5.02 Å². The molecule has 0 aliphatic heterocycles. The van der Waals surface area contributed by atoms with Gasteiger partial charge in [-0.05, 0) is 35.0 Å². The summed E-state index contributed by atoms with van der Waals surface area (Å²) in [4.78, 5) is 10.5. The smallest absolute Gasteiger partial charge is 0.152 e. The Kier molecular flexibility index (Phi) is 3.75. The van der Waals surface area contributed by atoms with Gasteiger partial charge in [-0.25, -0.2) is 0 Å². The molecular formula is C9H8BrClO2. The fourth-order valence-electron chi connectivity index (χ4n) is 0.930. The van der Waals surface area contributed by atoms with Crippen molar-refractivity contribution < 1.29 is 9.53 Å². The fourth-order valence-corrected chi connectivity index (χ4v) is 1.92. The van der Waals surface area contributed by atoms with Crippen LogP contribution in [0.25, 0.3) is 0 Å². The molecule has 70 valence electrons. The van der Waals surface area contributed by atoms with Crippen molar-refractivity contribution in [1.82, 2.24) is 0 Å². The van der Waals surface area contributed by atoms with E-state index >= 15 is 0 Å². The van der Waals surface area contributed by atoms with Gasteiger partial charge in [-0.1, -0.05) is 11.6 Å². The number of hydrogen-bond acceptors (Lipinski definition) is 2. The van der Waals surface area contributed by atoms with Crippen LogP contribution in [-0.4, -0.2) is 12.9 Å². The average molecular weight is 264 g/mol. The highest BCUT2D eigenvalue weighted by molar-refractivity contribution is 9.10. The summed E-state index contributed by atoms with van der Waals surface area (Å²) in [5.41, 5.74) is 0.528. The Morgan fingerprint density at radius 2 is 2.31 bits per heavy atom. The molecule has 1 aromatic carbocycles. The first kappa shape index (κ1) is 10.5. The van der Waals surface area contributed by atoms with Gasteiger partial charge in [0.1, 0.15) is 6.29 Å². The lowest BCUT2D eigenvalue weighted by Crippen LogP contribution is -1.94. The normalized spacial score (nSPS) is 9.77. The van der Waals surface area contributed by atoms with Gasteiger partial charge in [0.25, 0.3) is 0 Å². The van der Waals surface area contributed by atoms with E-state index in [1.165, 1.54) is 0 Å². The van der Waals surface area contributed by atoms with Crippen LogP contribution in [0.5, 0.6) is 5.75 Å². The minimum atomic E-state index is 0.443. The van der Waals surface area contributed by atoms with Gasteiger partial charge in [-0.3, -0.25) is 4.79 Å². The summed E-state index contributed by atoms with van der Waals surface area (Å²) in [6.07, 6.45) is 0.742. The molecule has 1 rings (SSSR count). The number of benzene rings is 1. The minimum Gasteiger partial charge on any atom is -0.491 e. The molecule has 0 saturated heterocycles. The van der Waals surface area contributed by atoms with Gasteiger partial charge >= 0.3 is 0 Å². The van der Waals surface area contributed by atoms with Gasteiger partial charge in [0.05, 0.1) is 16.1 Å². The highest BCUT2D eigenvalue weighted by Crippen LogP contribution is 2.33. The van der Waals surface area contributed by atoms with Crippen molar-refractivity contribution in [3.63, 3.8) is 0 Å². The summed E-state index contributed by atoms with van der Waals surface area (Å²) in [5, 5.41) is 0.443. The summed E-state index contributed by atoms with van der Waals surface area (Å²) < 4.78 is 5.97. The van der Waals surface area contributed by atoms with Crippen LogP contribution in [0.3, 0.4) is 0 Å². The molecule has 0 atom stereocenters. The predicted octanol–water partition coefficient (Wildman–Crippen LogP) is 3.31. The first-order valence-corrected chi connectivity index (χ1v) is 4.93. The molecule has 0 N–H and O–H groups in total. The SMILES string of the molecule is CCOc1c(Cl)cc(C=O)cc1Br. The van der Waals surface area contributed by atoms with Gasteiger partial charge in [-0.2, -0.15) is 0 Å². The zero-order chi connectivity index (χ0) is 9.84. The molecule has 13 heavy (non-hydrogen) atoms. The molecule has 1 aromatic rings. The summed E-state index contributed by atoms with van der Waals surface area (Å²) in [6.45, 7) is 2.41. The van der Waals surface area contributed by atoms with E-state index < -0.39 is 0 Å². The van der Waals surface area contributed by atoms with Gasteiger partial charge in [0, 0.05) is 5.56 Å². The average Bonchev–Trinajstić information content (AvgIpc) is 2.11. The molecule has 0 unspecified atom stereocenters. The standard InChI is InChI=1S/C9H8BrClO2/c1-2-13-9-7(10)3-6(5-12)4-8(9)11/h3-5H,2H2,1H3. The Balaban J connectivity index is 3.14. The Morgan fingerprint density at radius 3 is 2.77 bits per heavy atom. The van der Waals surface area contributed by atoms with E-state index in [0.29, 0.717) is 27.4 Å². The van der Waals surface area contributed by atoms with E-state index in [-0.39, 0.29) is 0 Å². The van der Waals surface area contributed by atoms with E-state index in [1.807, 2.05) is 6.92 Å². The second-order valence-electron chi connectivity index (χ2n) is 2.36. The third kappa shape index (κ3) is 2.45. The third-order valence-corrected chi connectivity index (χ3v) is 2.32. The zero-order valence-electron chi connectivity index (χ0n) is 7.01. The lowest BCUT2D eigenvalue weighted by molar-refractivity contribution is 0.112. The zero-order valence-corrected chi connectivity index (χ0v) is 9.35. The highest BCUT2D eigenvalue weighted by atomic mass is 79.9. The van der Waals surface area contributed by atoms with Crippen LogP contribution in [0.4, 0.5) is 0 Å². The van der Waals surface area contributed by atoms with Crippen molar-refractivity contribution in [3.8, 4) is 5.75 Å². The molecule has 0 heterocycles. The number of rotatable bonds is 3. The number of carbonyl (C=O) groups is 1. The van der Waals surface area contributed by atoms with Crippen LogP contribution in [0, 0.1) is 0 Å². The molecular weight excluding hydrogens is 255 g/mol. The number of aldehydes is 1. The summed E-state index contributed by atoms with van der Waals surface area (Å²) in [7, 11) is 0. The van der Waals surface area contributed by atoms with Gasteiger partial charge in [0.15, 0.2) is 5.75 Å². The Morgan fingerprint density at radius 1 is 1.62 bits per heavy atom. The molecule has 0 saturated carbocycles. The lowest BCUT2D eigenvalue weighted by atomic mass is 10.2. The lowest BCUT2D eigenvalue weighted by Gasteiger charge is -2.08. The van der Waals surface area contributed by atoms with E-state index in [1.54, 1.807) is 12.1 Å². The molecule has 0 bridgehead atoms. The molecule has 0 aromatic heterocycles. The quantitative estimate of drug-likeness (QED) is 0.782. The maximum absolute atomic E-state index is 10.5. The van der Waals surface area contributed by atoms with Crippen molar-refractivity contribution in [2.75, 3.05) is 6.61 Å². The third-order valence-electron chi connectivity index (χ3n) is 1.45. The van der Waals surface area contributed by atoms with Gasteiger partial charge < -0.3 is 4.74 Å². The van der Waals surface area contributed by atoms with Crippen molar-refractivity contribution in [2.24, 2.45) is 0 Å². The fraction of sp³-hybridized carbons (Fsp3) is 0.222. The topological polar surface area (TPSA) is 26.3 Å². The summed E-state index contributed by atoms with van der Waals surface area (Å²) in [5.74, 6) is 0.578. The molecule has 0 radical (unpaired) electrons.